The molecule has 1 aliphatic heterocycles. The molecule has 0 radical (unpaired) electrons. The number of nitrogens with one attached hydrogen (secondary N) is 1. The Hall–Kier alpha value is -1.14. The first-order chi connectivity index (χ1) is 8.44. The van der Waals surface area contributed by atoms with Gasteiger partial charge in [-0.05, 0) is 37.1 Å². The molecule has 0 spiro atoms. The van der Waals surface area contributed by atoms with Crippen molar-refractivity contribution in [2.24, 2.45) is 0 Å². The average Bonchev–Trinajstić information content (AvgIpc) is 2.28. The molecule has 0 aromatic heterocycles. The lowest BCUT2D eigenvalue weighted by Crippen LogP contribution is -2.38. The number of hydrogen-bond acceptors (Lipinski definition) is 2. The topological polar surface area (TPSA) is 21.3 Å². The molecule has 18 heavy (non-hydrogen) atoms. The van der Waals surface area contributed by atoms with Crippen LogP contribution < -0.4 is 5.32 Å². The van der Waals surface area contributed by atoms with E-state index in [9.17, 15) is 17.6 Å². The van der Waals surface area contributed by atoms with Gasteiger partial charge in [-0.25, -0.2) is 4.39 Å². The summed E-state index contributed by atoms with van der Waals surface area (Å²) in [7, 11) is 0. The van der Waals surface area contributed by atoms with Crippen molar-refractivity contribution in [1.29, 1.82) is 0 Å². The van der Waals surface area contributed by atoms with Crippen LogP contribution in [0.15, 0.2) is 24.3 Å². The minimum Gasteiger partial charge on any atom is -0.310 e. The standard InChI is InChI=1S/C12H13F4NO/c13-9-3-1-8(2-4-9)11-7-10(5-6-17-11)18-12(14,15)16/h1-4,10-11,17H,5-7H2/t10-,11-/m0/s1. The van der Waals surface area contributed by atoms with Crippen LogP contribution in [-0.2, 0) is 4.74 Å². The lowest BCUT2D eigenvalue weighted by atomic mass is 9.95. The van der Waals surface area contributed by atoms with Crippen LogP contribution in [0.5, 0.6) is 0 Å². The van der Waals surface area contributed by atoms with Gasteiger partial charge < -0.3 is 5.32 Å². The highest BCUT2D eigenvalue weighted by Gasteiger charge is 2.35. The molecule has 2 nitrogen and oxygen atoms in total. The maximum Gasteiger partial charge on any atom is 0.522 e. The Balaban J connectivity index is 2.00. The number of halogens is 4. The summed E-state index contributed by atoms with van der Waals surface area (Å²) in [5.74, 6) is -0.363. The summed E-state index contributed by atoms with van der Waals surface area (Å²) < 4.78 is 53.2. The Bertz CT molecular complexity index is 390. The molecule has 1 aromatic carbocycles. The second kappa shape index (κ2) is 5.24. The molecule has 6 heteroatoms. The van der Waals surface area contributed by atoms with E-state index in [0.717, 1.165) is 5.56 Å². The second-order valence-corrected chi connectivity index (χ2v) is 4.27. The van der Waals surface area contributed by atoms with E-state index in [0.29, 0.717) is 13.0 Å². The van der Waals surface area contributed by atoms with E-state index in [2.05, 4.69) is 10.1 Å². The monoisotopic (exact) mass is 263 g/mol. The predicted octanol–water partition coefficient (Wildman–Crippen LogP) is 3.16. The normalized spacial score (nSPS) is 25.1. The molecule has 1 heterocycles. The molecular weight excluding hydrogens is 250 g/mol. The Kier molecular flexibility index (Phi) is 3.87. The molecule has 100 valence electrons. The summed E-state index contributed by atoms with van der Waals surface area (Å²) >= 11 is 0. The van der Waals surface area contributed by atoms with Gasteiger partial charge >= 0.3 is 6.36 Å². The van der Waals surface area contributed by atoms with Gasteiger partial charge in [-0.15, -0.1) is 13.2 Å². The van der Waals surface area contributed by atoms with E-state index in [1.807, 2.05) is 0 Å². The minimum atomic E-state index is -4.60. The Morgan fingerprint density at radius 1 is 1.17 bits per heavy atom. The molecule has 1 saturated heterocycles. The van der Waals surface area contributed by atoms with Crippen LogP contribution in [0, 0.1) is 5.82 Å². The van der Waals surface area contributed by atoms with Crippen LogP contribution in [-0.4, -0.2) is 19.0 Å². The highest BCUT2D eigenvalue weighted by Crippen LogP contribution is 2.29. The van der Waals surface area contributed by atoms with E-state index >= 15 is 0 Å². The number of ether oxygens (including phenoxy) is 1. The average molecular weight is 263 g/mol. The van der Waals surface area contributed by atoms with Crippen molar-refractivity contribution < 1.29 is 22.3 Å². The number of benzene rings is 1. The Labute approximate surface area is 102 Å². The lowest BCUT2D eigenvalue weighted by Gasteiger charge is -2.31. The summed E-state index contributed by atoms with van der Waals surface area (Å²) in [6.07, 6.45) is -4.90. The first-order valence-corrected chi connectivity index (χ1v) is 5.67. The van der Waals surface area contributed by atoms with Gasteiger partial charge in [0.15, 0.2) is 0 Å². The molecule has 2 atom stereocenters. The van der Waals surface area contributed by atoms with Gasteiger partial charge in [-0.3, -0.25) is 4.74 Å². The smallest absolute Gasteiger partial charge is 0.310 e. The van der Waals surface area contributed by atoms with E-state index in [-0.39, 0.29) is 18.3 Å². The number of rotatable bonds is 2. The van der Waals surface area contributed by atoms with Crippen LogP contribution in [0.25, 0.3) is 0 Å². The van der Waals surface area contributed by atoms with Gasteiger partial charge in [0.1, 0.15) is 5.82 Å². The quantitative estimate of drug-likeness (QED) is 0.827. The van der Waals surface area contributed by atoms with Crippen molar-refractivity contribution in [2.75, 3.05) is 6.54 Å². The fraction of sp³-hybridized carbons (Fsp3) is 0.500. The van der Waals surface area contributed by atoms with Crippen LogP contribution in [0.3, 0.4) is 0 Å². The van der Waals surface area contributed by atoms with E-state index in [1.54, 1.807) is 12.1 Å². The summed E-state index contributed by atoms with van der Waals surface area (Å²) in [5, 5.41) is 3.10. The molecule has 0 saturated carbocycles. The molecule has 0 unspecified atom stereocenters. The van der Waals surface area contributed by atoms with Gasteiger partial charge in [-0.2, -0.15) is 0 Å². The van der Waals surface area contributed by atoms with Crippen molar-refractivity contribution in [3.8, 4) is 0 Å². The zero-order chi connectivity index (χ0) is 13.2. The third-order valence-electron chi connectivity index (χ3n) is 2.93. The second-order valence-electron chi connectivity index (χ2n) is 4.27. The van der Waals surface area contributed by atoms with E-state index in [4.69, 9.17) is 0 Å². The molecule has 1 aliphatic rings. The van der Waals surface area contributed by atoms with Crippen molar-refractivity contribution >= 4 is 0 Å². The molecule has 0 aliphatic carbocycles. The first kappa shape index (κ1) is 13.3. The molecule has 1 N–H and O–H groups in total. The third-order valence-corrected chi connectivity index (χ3v) is 2.93. The van der Waals surface area contributed by atoms with Gasteiger partial charge in [-0.1, -0.05) is 12.1 Å². The molecule has 0 bridgehead atoms. The zero-order valence-electron chi connectivity index (χ0n) is 9.51. The lowest BCUT2D eigenvalue weighted by molar-refractivity contribution is -0.345. The maximum atomic E-state index is 12.8. The largest absolute Gasteiger partial charge is 0.522 e. The highest BCUT2D eigenvalue weighted by atomic mass is 19.4. The van der Waals surface area contributed by atoms with Gasteiger partial charge in [0.05, 0.1) is 6.10 Å². The van der Waals surface area contributed by atoms with Crippen molar-refractivity contribution in [3.63, 3.8) is 0 Å². The van der Waals surface area contributed by atoms with Gasteiger partial charge in [0, 0.05) is 6.04 Å². The van der Waals surface area contributed by atoms with Crippen LogP contribution in [0.2, 0.25) is 0 Å². The fourth-order valence-corrected chi connectivity index (χ4v) is 2.13. The Morgan fingerprint density at radius 2 is 1.83 bits per heavy atom. The molecule has 1 aromatic rings. The third kappa shape index (κ3) is 3.68. The molecule has 1 fully saturated rings. The predicted molar refractivity (Wildman–Crippen MR) is 57.3 cm³/mol. The number of piperidine rings is 1. The summed E-state index contributed by atoms with van der Waals surface area (Å²) in [6, 6.07) is 5.51. The first-order valence-electron chi connectivity index (χ1n) is 5.67. The summed E-state index contributed by atoms with van der Waals surface area (Å²) in [5.41, 5.74) is 0.770. The van der Waals surface area contributed by atoms with Crippen LogP contribution >= 0.6 is 0 Å². The van der Waals surface area contributed by atoms with Crippen molar-refractivity contribution in [2.45, 2.75) is 31.3 Å². The van der Waals surface area contributed by atoms with Crippen molar-refractivity contribution in [3.05, 3.63) is 35.6 Å². The maximum absolute atomic E-state index is 12.8. The Morgan fingerprint density at radius 3 is 2.44 bits per heavy atom. The van der Waals surface area contributed by atoms with Crippen molar-refractivity contribution in [1.82, 2.24) is 5.32 Å². The number of hydrogen-bond donors (Lipinski definition) is 1. The fourth-order valence-electron chi connectivity index (χ4n) is 2.13. The molecular formula is C12H13F4NO. The number of alkyl halides is 3. The molecule has 2 rings (SSSR count). The highest BCUT2D eigenvalue weighted by molar-refractivity contribution is 5.20. The SMILES string of the molecule is Fc1ccc([C@@H]2C[C@@H](OC(F)(F)F)CCN2)cc1. The zero-order valence-corrected chi connectivity index (χ0v) is 9.51. The molecule has 0 amide bonds. The van der Waals surface area contributed by atoms with Crippen LogP contribution in [0.4, 0.5) is 17.6 Å². The van der Waals surface area contributed by atoms with Crippen LogP contribution in [0.1, 0.15) is 24.4 Å². The van der Waals surface area contributed by atoms with Gasteiger partial charge in [0.2, 0.25) is 0 Å². The summed E-state index contributed by atoms with van der Waals surface area (Å²) in [6.45, 7) is 0.447. The van der Waals surface area contributed by atoms with E-state index < -0.39 is 12.5 Å². The minimum absolute atomic E-state index is 0.227. The summed E-state index contributed by atoms with van der Waals surface area (Å²) in [4.78, 5) is 0. The van der Waals surface area contributed by atoms with Gasteiger partial charge in [0.25, 0.3) is 0 Å². The van der Waals surface area contributed by atoms with E-state index in [1.165, 1.54) is 12.1 Å².